The highest BCUT2D eigenvalue weighted by atomic mass is 32.2. The minimum absolute atomic E-state index is 0.00404. The van der Waals surface area contributed by atoms with E-state index in [2.05, 4.69) is 5.32 Å². The van der Waals surface area contributed by atoms with Gasteiger partial charge in [0.25, 0.3) is 5.91 Å². The summed E-state index contributed by atoms with van der Waals surface area (Å²) in [5.41, 5.74) is 0.989. The van der Waals surface area contributed by atoms with E-state index < -0.39 is 10.0 Å². The Bertz CT molecular complexity index is 807. The van der Waals surface area contributed by atoms with Crippen LogP contribution in [-0.2, 0) is 16.6 Å². The van der Waals surface area contributed by atoms with Gasteiger partial charge in [0, 0.05) is 13.1 Å². The van der Waals surface area contributed by atoms with Gasteiger partial charge in [-0.3, -0.25) is 4.79 Å². The molecule has 7 heteroatoms. The first-order valence-corrected chi connectivity index (χ1v) is 9.06. The average molecular weight is 350 g/mol. The fraction of sp³-hybridized carbons (Fsp3) is 0.353. The fourth-order valence-electron chi connectivity index (χ4n) is 2.11. The zero-order chi connectivity index (χ0) is 17.9. The van der Waals surface area contributed by atoms with Crippen molar-refractivity contribution < 1.29 is 17.6 Å². The summed E-state index contributed by atoms with van der Waals surface area (Å²) in [5, 5.41) is 2.72. The molecule has 2 rings (SSSR count). The van der Waals surface area contributed by atoms with Gasteiger partial charge in [0.15, 0.2) is 5.76 Å². The van der Waals surface area contributed by atoms with Crippen molar-refractivity contribution in [3.63, 3.8) is 0 Å². The molecule has 0 saturated heterocycles. The van der Waals surface area contributed by atoms with Crippen LogP contribution >= 0.6 is 0 Å². The molecule has 0 radical (unpaired) electrons. The van der Waals surface area contributed by atoms with Crippen LogP contribution in [0.4, 0.5) is 0 Å². The minimum atomic E-state index is -3.61. The molecule has 1 aromatic carbocycles. The van der Waals surface area contributed by atoms with Crippen LogP contribution in [-0.4, -0.2) is 31.7 Å². The molecule has 0 atom stereocenters. The van der Waals surface area contributed by atoms with E-state index in [-0.39, 0.29) is 29.1 Å². The van der Waals surface area contributed by atoms with Crippen LogP contribution in [0.5, 0.6) is 0 Å². The predicted molar refractivity (Wildman–Crippen MR) is 91.1 cm³/mol. The SMILES string of the molecule is Cc1ccc(S(=O)(=O)N(C)Cc2ccc(C(=O)NC(C)C)o2)cc1. The van der Waals surface area contributed by atoms with Crippen molar-refractivity contribution in [2.45, 2.75) is 38.3 Å². The molecular formula is C17H22N2O4S. The number of amides is 1. The van der Waals surface area contributed by atoms with Crippen LogP contribution in [0.2, 0.25) is 0 Å². The van der Waals surface area contributed by atoms with Crippen LogP contribution in [0.1, 0.15) is 35.7 Å². The molecule has 1 amide bonds. The molecule has 1 heterocycles. The van der Waals surface area contributed by atoms with Crippen LogP contribution < -0.4 is 5.32 Å². The van der Waals surface area contributed by atoms with E-state index in [0.717, 1.165) is 5.56 Å². The Kier molecular flexibility index (Phi) is 5.46. The summed E-state index contributed by atoms with van der Waals surface area (Å²) in [6, 6.07) is 9.80. The Labute approximate surface area is 142 Å². The molecule has 0 saturated carbocycles. The molecule has 0 aliphatic heterocycles. The highest BCUT2D eigenvalue weighted by Crippen LogP contribution is 2.18. The van der Waals surface area contributed by atoms with Gasteiger partial charge in [0.2, 0.25) is 10.0 Å². The quantitative estimate of drug-likeness (QED) is 0.868. The van der Waals surface area contributed by atoms with Crippen LogP contribution in [0.3, 0.4) is 0 Å². The molecule has 0 unspecified atom stereocenters. The molecule has 0 aliphatic carbocycles. The molecular weight excluding hydrogens is 328 g/mol. The maximum absolute atomic E-state index is 12.5. The summed E-state index contributed by atoms with van der Waals surface area (Å²) in [6.45, 7) is 5.64. The molecule has 0 bridgehead atoms. The van der Waals surface area contributed by atoms with Crippen LogP contribution in [0, 0.1) is 6.92 Å². The maximum atomic E-state index is 12.5. The molecule has 24 heavy (non-hydrogen) atoms. The lowest BCUT2D eigenvalue weighted by atomic mass is 10.2. The number of furan rings is 1. The number of benzene rings is 1. The first-order valence-electron chi connectivity index (χ1n) is 7.62. The van der Waals surface area contributed by atoms with Crippen molar-refractivity contribution in [3.05, 3.63) is 53.5 Å². The lowest BCUT2D eigenvalue weighted by molar-refractivity contribution is 0.0912. The number of carbonyl (C=O) groups excluding carboxylic acids is 1. The van der Waals surface area contributed by atoms with Gasteiger partial charge in [-0.15, -0.1) is 0 Å². The first kappa shape index (κ1) is 18.2. The third-order valence-corrected chi connectivity index (χ3v) is 5.23. The maximum Gasteiger partial charge on any atom is 0.287 e. The van der Waals surface area contributed by atoms with E-state index in [1.165, 1.54) is 11.4 Å². The van der Waals surface area contributed by atoms with Gasteiger partial charge < -0.3 is 9.73 Å². The van der Waals surface area contributed by atoms with Crippen molar-refractivity contribution in [2.24, 2.45) is 0 Å². The van der Waals surface area contributed by atoms with Gasteiger partial charge in [-0.2, -0.15) is 4.31 Å². The summed E-state index contributed by atoms with van der Waals surface area (Å²) < 4.78 is 31.7. The Morgan fingerprint density at radius 2 is 1.79 bits per heavy atom. The summed E-state index contributed by atoms with van der Waals surface area (Å²) >= 11 is 0. The Morgan fingerprint density at radius 1 is 1.17 bits per heavy atom. The number of nitrogens with zero attached hydrogens (tertiary/aromatic N) is 1. The van der Waals surface area contributed by atoms with Crippen molar-refractivity contribution in [1.82, 2.24) is 9.62 Å². The number of hydrogen-bond acceptors (Lipinski definition) is 4. The Balaban J connectivity index is 2.12. The predicted octanol–water partition coefficient (Wildman–Crippen LogP) is 2.55. The molecule has 6 nitrogen and oxygen atoms in total. The molecule has 2 aromatic rings. The number of sulfonamides is 1. The zero-order valence-electron chi connectivity index (χ0n) is 14.2. The summed E-state index contributed by atoms with van der Waals surface area (Å²) in [4.78, 5) is 12.1. The summed E-state index contributed by atoms with van der Waals surface area (Å²) in [6.07, 6.45) is 0. The standard InChI is InChI=1S/C17H22N2O4S/c1-12(2)18-17(20)16-10-7-14(23-16)11-19(4)24(21,22)15-8-5-13(3)6-9-15/h5-10,12H,11H2,1-4H3,(H,18,20). The Morgan fingerprint density at radius 3 is 2.38 bits per heavy atom. The molecule has 130 valence electrons. The lowest BCUT2D eigenvalue weighted by Crippen LogP contribution is -2.29. The van der Waals surface area contributed by atoms with E-state index in [9.17, 15) is 13.2 Å². The van der Waals surface area contributed by atoms with Crippen LogP contribution in [0.15, 0.2) is 45.7 Å². The number of nitrogens with one attached hydrogen (secondary N) is 1. The number of aryl methyl sites for hydroxylation is 1. The summed E-state index contributed by atoms with van der Waals surface area (Å²) in [5.74, 6) is 0.252. The van der Waals surface area contributed by atoms with Crippen molar-refractivity contribution in [1.29, 1.82) is 0 Å². The van der Waals surface area contributed by atoms with Gasteiger partial charge >= 0.3 is 0 Å². The monoisotopic (exact) mass is 350 g/mol. The summed E-state index contributed by atoms with van der Waals surface area (Å²) in [7, 11) is -2.13. The number of hydrogen-bond donors (Lipinski definition) is 1. The largest absolute Gasteiger partial charge is 0.455 e. The normalized spacial score (nSPS) is 11.9. The third-order valence-electron chi connectivity index (χ3n) is 3.41. The highest BCUT2D eigenvalue weighted by molar-refractivity contribution is 7.89. The molecule has 0 aliphatic rings. The van der Waals surface area contributed by atoms with E-state index in [0.29, 0.717) is 5.76 Å². The van der Waals surface area contributed by atoms with Crippen molar-refractivity contribution in [2.75, 3.05) is 7.05 Å². The van der Waals surface area contributed by atoms with Gasteiger partial charge in [-0.1, -0.05) is 17.7 Å². The molecule has 1 N–H and O–H groups in total. The minimum Gasteiger partial charge on any atom is -0.455 e. The van der Waals surface area contributed by atoms with E-state index in [1.54, 1.807) is 36.4 Å². The third kappa shape index (κ3) is 4.24. The second kappa shape index (κ2) is 7.19. The van der Waals surface area contributed by atoms with E-state index in [4.69, 9.17) is 4.42 Å². The highest BCUT2D eigenvalue weighted by Gasteiger charge is 2.22. The van der Waals surface area contributed by atoms with Crippen molar-refractivity contribution in [3.8, 4) is 0 Å². The van der Waals surface area contributed by atoms with E-state index in [1.807, 2.05) is 20.8 Å². The molecule has 0 fully saturated rings. The van der Waals surface area contributed by atoms with Gasteiger partial charge in [0.1, 0.15) is 5.76 Å². The first-order chi connectivity index (χ1) is 11.2. The smallest absolute Gasteiger partial charge is 0.287 e. The topological polar surface area (TPSA) is 79.6 Å². The van der Waals surface area contributed by atoms with Crippen LogP contribution in [0.25, 0.3) is 0 Å². The number of carbonyl (C=O) groups is 1. The Hall–Kier alpha value is -2.12. The van der Waals surface area contributed by atoms with Gasteiger partial charge in [-0.25, -0.2) is 8.42 Å². The fourth-order valence-corrected chi connectivity index (χ4v) is 3.25. The lowest BCUT2D eigenvalue weighted by Gasteiger charge is -2.16. The second-order valence-corrected chi connectivity index (χ2v) is 8.01. The molecule has 0 spiro atoms. The average Bonchev–Trinajstić information content (AvgIpc) is 2.95. The van der Waals surface area contributed by atoms with Crippen molar-refractivity contribution >= 4 is 15.9 Å². The van der Waals surface area contributed by atoms with Gasteiger partial charge in [-0.05, 0) is 45.0 Å². The zero-order valence-corrected chi connectivity index (χ0v) is 15.1. The van der Waals surface area contributed by atoms with Gasteiger partial charge in [0.05, 0.1) is 11.4 Å². The molecule has 1 aromatic heterocycles. The van der Waals surface area contributed by atoms with E-state index >= 15 is 0 Å². The number of rotatable bonds is 6. The second-order valence-electron chi connectivity index (χ2n) is 5.97.